The van der Waals surface area contributed by atoms with Gasteiger partial charge in [-0.3, -0.25) is 4.79 Å². The topological polar surface area (TPSA) is 97.5 Å². The molecule has 0 spiro atoms. The molecule has 1 atom stereocenters. The number of nitrogens with one attached hydrogen (secondary N) is 1. The Bertz CT molecular complexity index is 1140. The molecule has 1 aliphatic rings. The van der Waals surface area contributed by atoms with E-state index >= 15 is 0 Å². The number of para-hydroxylation sites is 1. The number of hydrogen-bond donors (Lipinski definition) is 1. The summed E-state index contributed by atoms with van der Waals surface area (Å²) in [4.78, 5) is 29.1. The molecule has 0 radical (unpaired) electrons. The van der Waals surface area contributed by atoms with Crippen molar-refractivity contribution in [1.82, 2.24) is 19.8 Å². The van der Waals surface area contributed by atoms with E-state index < -0.39 is 0 Å². The van der Waals surface area contributed by atoms with Crippen molar-refractivity contribution in [3.63, 3.8) is 0 Å². The normalized spacial score (nSPS) is 16.4. The second kappa shape index (κ2) is 9.71. The van der Waals surface area contributed by atoms with Gasteiger partial charge >= 0.3 is 0 Å². The van der Waals surface area contributed by atoms with Crippen LogP contribution in [-0.4, -0.2) is 51.3 Å². The van der Waals surface area contributed by atoms with Gasteiger partial charge in [0.1, 0.15) is 6.33 Å². The van der Waals surface area contributed by atoms with Crippen molar-refractivity contribution in [1.29, 1.82) is 5.26 Å². The van der Waals surface area contributed by atoms with Crippen LogP contribution in [-0.2, 0) is 0 Å². The summed E-state index contributed by atoms with van der Waals surface area (Å²) < 4.78 is 0. The standard InChI is InChI=1S/C24H23N7O/c1-18-7-5-6-10-21(18)29-24(28-16-25)30-11-12-31(23(32)20-13-26-17-27-14-20)22(15-30)19-8-3-2-4-9-19/h2-10,13-14,17,22H,11-12,15H2,1H3,(H,28,29). The average molecular weight is 425 g/mol. The summed E-state index contributed by atoms with van der Waals surface area (Å²) in [5.74, 6) is 0.350. The lowest BCUT2D eigenvalue weighted by Crippen LogP contribution is -2.53. The Kier molecular flexibility index (Phi) is 6.37. The quantitative estimate of drug-likeness (QED) is 0.393. The molecule has 1 fully saturated rings. The zero-order valence-electron chi connectivity index (χ0n) is 17.7. The summed E-state index contributed by atoms with van der Waals surface area (Å²) >= 11 is 0. The fraction of sp³-hybridized carbons (Fsp3) is 0.208. The highest BCUT2D eigenvalue weighted by atomic mass is 16.2. The van der Waals surface area contributed by atoms with Crippen molar-refractivity contribution in [3.05, 3.63) is 90.0 Å². The minimum atomic E-state index is -0.222. The van der Waals surface area contributed by atoms with Crippen LogP contribution in [0.4, 0.5) is 5.69 Å². The molecule has 2 heterocycles. The minimum absolute atomic E-state index is 0.121. The smallest absolute Gasteiger partial charge is 0.257 e. The molecule has 1 aromatic heterocycles. The predicted octanol–water partition coefficient (Wildman–Crippen LogP) is 3.23. The summed E-state index contributed by atoms with van der Waals surface area (Å²) in [5.41, 5.74) is 3.40. The predicted molar refractivity (Wildman–Crippen MR) is 122 cm³/mol. The number of hydrogen-bond acceptors (Lipinski definition) is 5. The van der Waals surface area contributed by atoms with Crippen LogP contribution in [0.1, 0.15) is 27.5 Å². The summed E-state index contributed by atoms with van der Waals surface area (Å²) in [6.45, 7) is 3.48. The second-order valence-corrected chi connectivity index (χ2v) is 7.47. The number of guanidine groups is 1. The second-order valence-electron chi connectivity index (χ2n) is 7.47. The maximum atomic E-state index is 13.3. The van der Waals surface area contributed by atoms with Crippen molar-refractivity contribution in [2.45, 2.75) is 13.0 Å². The maximum Gasteiger partial charge on any atom is 0.257 e. The van der Waals surface area contributed by atoms with Crippen LogP contribution < -0.4 is 5.32 Å². The molecule has 1 amide bonds. The highest BCUT2D eigenvalue weighted by molar-refractivity contribution is 5.96. The fourth-order valence-electron chi connectivity index (χ4n) is 3.81. The Morgan fingerprint density at radius 1 is 1.09 bits per heavy atom. The first-order valence-electron chi connectivity index (χ1n) is 10.3. The summed E-state index contributed by atoms with van der Waals surface area (Å²) in [6.07, 6.45) is 6.38. The number of aromatic nitrogens is 2. The number of carbonyl (C=O) groups excluding carboxylic acids is 1. The van der Waals surface area contributed by atoms with Crippen LogP contribution in [0.2, 0.25) is 0 Å². The summed E-state index contributed by atoms with van der Waals surface area (Å²) in [6, 6.07) is 17.5. The van der Waals surface area contributed by atoms with Gasteiger partial charge in [0.25, 0.3) is 5.91 Å². The van der Waals surface area contributed by atoms with Crippen molar-refractivity contribution < 1.29 is 4.79 Å². The van der Waals surface area contributed by atoms with Crippen LogP contribution in [0.5, 0.6) is 0 Å². The highest BCUT2D eigenvalue weighted by Crippen LogP contribution is 2.27. The van der Waals surface area contributed by atoms with Gasteiger partial charge in [0.05, 0.1) is 11.6 Å². The molecule has 4 rings (SSSR count). The first-order chi connectivity index (χ1) is 15.7. The molecule has 8 nitrogen and oxygen atoms in total. The molecule has 0 saturated carbocycles. The van der Waals surface area contributed by atoms with Crippen LogP contribution in [0.25, 0.3) is 0 Å². The number of carbonyl (C=O) groups is 1. The van der Waals surface area contributed by atoms with E-state index in [2.05, 4.69) is 20.3 Å². The van der Waals surface area contributed by atoms with Gasteiger partial charge in [0.2, 0.25) is 12.2 Å². The third-order valence-corrected chi connectivity index (χ3v) is 5.48. The lowest BCUT2D eigenvalue weighted by Gasteiger charge is -2.42. The van der Waals surface area contributed by atoms with Gasteiger partial charge in [-0.2, -0.15) is 5.26 Å². The molecular formula is C24H23N7O. The number of benzene rings is 2. The monoisotopic (exact) mass is 425 g/mol. The van der Waals surface area contributed by atoms with Crippen LogP contribution in [0.3, 0.4) is 0 Å². The Morgan fingerprint density at radius 2 is 1.81 bits per heavy atom. The number of amides is 1. The molecule has 1 saturated heterocycles. The number of aryl methyl sites for hydroxylation is 1. The lowest BCUT2D eigenvalue weighted by atomic mass is 10.0. The molecule has 0 bridgehead atoms. The zero-order chi connectivity index (χ0) is 22.3. The highest BCUT2D eigenvalue weighted by Gasteiger charge is 2.33. The van der Waals surface area contributed by atoms with Gasteiger partial charge in [-0.05, 0) is 24.1 Å². The average Bonchev–Trinajstić information content (AvgIpc) is 2.85. The van der Waals surface area contributed by atoms with E-state index in [0.29, 0.717) is 31.2 Å². The molecule has 3 aromatic rings. The number of nitriles is 1. The minimum Gasteiger partial charge on any atom is -0.338 e. The number of aliphatic imine (C=N–C) groups is 1. The molecule has 1 aliphatic heterocycles. The Hall–Kier alpha value is -4.25. The van der Waals surface area contributed by atoms with Crippen LogP contribution >= 0.6 is 0 Å². The third-order valence-electron chi connectivity index (χ3n) is 5.48. The Balaban J connectivity index is 1.63. The van der Waals surface area contributed by atoms with E-state index in [1.54, 1.807) is 0 Å². The van der Waals surface area contributed by atoms with E-state index in [9.17, 15) is 10.1 Å². The molecule has 8 heteroatoms. The molecule has 160 valence electrons. The van der Waals surface area contributed by atoms with E-state index in [1.807, 2.05) is 77.5 Å². The lowest BCUT2D eigenvalue weighted by molar-refractivity contribution is 0.0549. The van der Waals surface area contributed by atoms with Gasteiger partial charge in [0.15, 0.2) is 0 Å². The first kappa shape index (κ1) is 21.0. The van der Waals surface area contributed by atoms with E-state index in [-0.39, 0.29) is 11.9 Å². The number of nitrogens with zero attached hydrogens (tertiary/aromatic N) is 6. The molecule has 1 N–H and O–H groups in total. The van der Waals surface area contributed by atoms with Gasteiger partial charge in [-0.25, -0.2) is 9.97 Å². The molecular weight excluding hydrogens is 402 g/mol. The van der Waals surface area contributed by atoms with Gasteiger partial charge in [-0.1, -0.05) is 48.5 Å². The Morgan fingerprint density at radius 3 is 2.53 bits per heavy atom. The van der Waals surface area contributed by atoms with E-state index in [4.69, 9.17) is 0 Å². The Labute approximate surface area is 186 Å². The van der Waals surface area contributed by atoms with Gasteiger partial charge < -0.3 is 15.1 Å². The summed E-state index contributed by atoms with van der Waals surface area (Å²) in [7, 11) is 0. The molecule has 2 aromatic carbocycles. The van der Waals surface area contributed by atoms with E-state index in [1.165, 1.54) is 18.7 Å². The largest absolute Gasteiger partial charge is 0.338 e. The fourth-order valence-corrected chi connectivity index (χ4v) is 3.81. The zero-order valence-corrected chi connectivity index (χ0v) is 17.7. The molecule has 1 unspecified atom stereocenters. The van der Waals surface area contributed by atoms with Crippen molar-refractivity contribution in [3.8, 4) is 6.19 Å². The van der Waals surface area contributed by atoms with Gasteiger partial charge in [0, 0.05) is 37.7 Å². The third kappa shape index (κ3) is 4.57. The number of rotatable bonds is 3. The van der Waals surface area contributed by atoms with Crippen molar-refractivity contribution >= 4 is 17.6 Å². The van der Waals surface area contributed by atoms with Crippen molar-refractivity contribution in [2.24, 2.45) is 4.99 Å². The number of anilines is 1. The maximum absolute atomic E-state index is 13.3. The molecule has 0 aliphatic carbocycles. The molecule has 32 heavy (non-hydrogen) atoms. The van der Waals surface area contributed by atoms with Crippen LogP contribution in [0, 0.1) is 18.4 Å². The van der Waals surface area contributed by atoms with E-state index in [0.717, 1.165) is 16.8 Å². The van der Waals surface area contributed by atoms with Crippen LogP contribution in [0.15, 0.2) is 78.3 Å². The summed E-state index contributed by atoms with van der Waals surface area (Å²) in [5, 5.41) is 12.6. The SMILES string of the molecule is Cc1ccccc1N/C(=N/C#N)N1CCN(C(=O)c2cncnc2)C(c2ccccc2)C1. The first-order valence-corrected chi connectivity index (χ1v) is 10.3. The number of piperazine rings is 1. The van der Waals surface area contributed by atoms with Crippen molar-refractivity contribution in [2.75, 3.05) is 25.0 Å². The van der Waals surface area contributed by atoms with Gasteiger partial charge in [-0.15, -0.1) is 4.99 Å².